The lowest BCUT2D eigenvalue weighted by Gasteiger charge is -2.22. The molecule has 1 aliphatic heterocycles. The van der Waals surface area contributed by atoms with Crippen LogP contribution >= 0.6 is 11.8 Å². The van der Waals surface area contributed by atoms with E-state index in [1.54, 1.807) is 11.8 Å². The fourth-order valence-electron chi connectivity index (χ4n) is 2.04. The SMILES string of the molecule is CC1(CNS(=O)(=O)c2ccc(N)cc2F)CCCS1. The molecule has 0 bridgehead atoms. The zero-order chi connectivity index (χ0) is 14.1. The molecule has 1 aliphatic rings. The van der Waals surface area contributed by atoms with Crippen LogP contribution in [0, 0.1) is 5.82 Å². The van der Waals surface area contributed by atoms with Crippen molar-refractivity contribution in [2.75, 3.05) is 18.0 Å². The zero-order valence-electron chi connectivity index (χ0n) is 10.6. The third-order valence-corrected chi connectivity index (χ3v) is 6.15. The van der Waals surface area contributed by atoms with Gasteiger partial charge in [0.05, 0.1) is 0 Å². The highest BCUT2D eigenvalue weighted by atomic mass is 32.2. The molecule has 1 atom stereocenters. The molecule has 1 fully saturated rings. The molecule has 0 radical (unpaired) electrons. The second-order valence-electron chi connectivity index (χ2n) is 4.92. The average Bonchev–Trinajstić information content (AvgIpc) is 2.74. The van der Waals surface area contributed by atoms with E-state index < -0.39 is 15.8 Å². The zero-order valence-corrected chi connectivity index (χ0v) is 12.3. The Hall–Kier alpha value is -0.790. The van der Waals surface area contributed by atoms with Crippen LogP contribution in [0.2, 0.25) is 0 Å². The van der Waals surface area contributed by atoms with Gasteiger partial charge in [0.15, 0.2) is 0 Å². The predicted octanol–water partition coefficient (Wildman–Crippen LogP) is 1.97. The van der Waals surface area contributed by atoms with Gasteiger partial charge in [0.1, 0.15) is 10.7 Å². The Morgan fingerprint density at radius 1 is 1.53 bits per heavy atom. The summed E-state index contributed by atoms with van der Waals surface area (Å²) in [7, 11) is -3.83. The number of halogens is 1. The lowest BCUT2D eigenvalue weighted by molar-refractivity contribution is 0.539. The minimum absolute atomic E-state index is 0.0998. The quantitative estimate of drug-likeness (QED) is 0.834. The van der Waals surface area contributed by atoms with Crippen LogP contribution in [0.15, 0.2) is 23.1 Å². The summed E-state index contributed by atoms with van der Waals surface area (Å²) in [5.41, 5.74) is 5.61. The number of nitrogens with two attached hydrogens (primary N) is 1. The van der Waals surface area contributed by atoms with Crippen molar-refractivity contribution in [1.29, 1.82) is 0 Å². The number of sulfonamides is 1. The first-order valence-corrected chi connectivity index (χ1v) is 8.48. The van der Waals surface area contributed by atoms with E-state index >= 15 is 0 Å². The summed E-state index contributed by atoms with van der Waals surface area (Å²) in [6.45, 7) is 2.33. The third-order valence-electron chi connectivity index (χ3n) is 3.18. The number of thioether (sulfide) groups is 1. The number of hydrogen-bond donors (Lipinski definition) is 2. The van der Waals surface area contributed by atoms with Crippen molar-refractivity contribution in [3.63, 3.8) is 0 Å². The summed E-state index contributed by atoms with van der Waals surface area (Å²) < 4.78 is 40.2. The lowest BCUT2D eigenvalue weighted by atomic mass is 10.1. The number of benzene rings is 1. The molecule has 0 amide bonds. The smallest absolute Gasteiger partial charge is 0.243 e. The molecule has 3 N–H and O–H groups in total. The van der Waals surface area contributed by atoms with Gasteiger partial charge < -0.3 is 5.73 Å². The van der Waals surface area contributed by atoms with E-state index in [2.05, 4.69) is 4.72 Å². The van der Waals surface area contributed by atoms with Crippen LogP contribution in [0.4, 0.5) is 10.1 Å². The molecule has 4 nitrogen and oxygen atoms in total. The molecular weight excluding hydrogens is 287 g/mol. The molecule has 0 saturated carbocycles. The molecule has 1 aromatic carbocycles. The minimum atomic E-state index is -3.83. The molecular formula is C12H17FN2O2S2. The van der Waals surface area contributed by atoms with Gasteiger partial charge in [-0.1, -0.05) is 0 Å². The highest BCUT2D eigenvalue weighted by molar-refractivity contribution is 8.01. The summed E-state index contributed by atoms with van der Waals surface area (Å²) in [5, 5.41) is 0. The maximum atomic E-state index is 13.6. The first kappa shape index (κ1) is 14.6. The molecule has 19 heavy (non-hydrogen) atoms. The summed E-state index contributed by atoms with van der Waals surface area (Å²) in [6, 6.07) is 3.58. The number of nitrogens with one attached hydrogen (secondary N) is 1. The van der Waals surface area contributed by atoms with E-state index in [-0.39, 0.29) is 15.3 Å². The van der Waals surface area contributed by atoms with Gasteiger partial charge >= 0.3 is 0 Å². The normalized spacial score (nSPS) is 23.7. The molecule has 2 rings (SSSR count). The highest BCUT2D eigenvalue weighted by Crippen LogP contribution is 2.37. The van der Waals surface area contributed by atoms with E-state index in [4.69, 9.17) is 5.73 Å². The van der Waals surface area contributed by atoms with Gasteiger partial charge in [-0.05, 0) is 43.7 Å². The lowest BCUT2D eigenvalue weighted by Crippen LogP contribution is -2.37. The Morgan fingerprint density at radius 3 is 2.84 bits per heavy atom. The number of rotatable bonds is 4. The molecule has 1 saturated heterocycles. The van der Waals surface area contributed by atoms with Crippen molar-refractivity contribution in [1.82, 2.24) is 4.72 Å². The molecule has 106 valence electrons. The first-order chi connectivity index (χ1) is 8.82. The van der Waals surface area contributed by atoms with Gasteiger partial charge in [-0.25, -0.2) is 17.5 Å². The fraction of sp³-hybridized carbons (Fsp3) is 0.500. The van der Waals surface area contributed by atoms with Crippen molar-refractivity contribution < 1.29 is 12.8 Å². The first-order valence-electron chi connectivity index (χ1n) is 6.01. The Morgan fingerprint density at radius 2 is 2.26 bits per heavy atom. The molecule has 7 heteroatoms. The van der Waals surface area contributed by atoms with Crippen molar-refractivity contribution in [3.05, 3.63) is 24.0 Å². The van der Waals surface area contributed by atoms with Crippen molar-refractivity contribution in [2.45, 2.75) is 29.4 Å². The summed E-state index contributed by atoms with van der Waals surface area (Å²) in [4.78, 5) is -0.353. The summed E-state index contributed by atoms with van der Waals surface area (Å²) in [5.74, 6) is 0.214. The molecule has 1 unspecified atom stereocenters. The second-order valence-corrected chi connectivity index (χ2v) is 8.33. The fourth-order valence-corrected chi connectivity index (χ4v) is 4.60. The van der Waals surface area contributed by atoms with E-state index in [1.807, 2.05) is 6.92 Å². The van der Waals surface area contributed by atoms with Gasteiger partial charge in [0, 0.05) is 17.0 Å². The van der Waals surface area contributed by atoms with Crippen LogP contribution in [-0.4, -0.2) is 25.5 Å². The molecule has 1 aromatic rings. The number of nitrogen functional groups attached to an aromatic ring is 1. The number of hydrogen-bond acceptors (Lipinski definition) is 4. The predicted molar refractivity (Wildman–Crippen MR) is 76.1 cm³/mol. The second kappa shape index (κ2) is 5.30. The Bertz CT molecular complexity index is 569. The Balaban J connectivity index is 2.14. The highest BCUT2D eigenvalue weighted by Gasteiger charge is 2.31. The summed E-state index contributed by atoms with van der Waals surface area (Å²) >= 11 is 1.75. The maximum absolute atomic E-state index is 13.6. The van der Waals surface area contributed by atoms with E-state index in [0.717, 1.165) is 24.7 Å². The Kier molecular flexibility index (Phi) is 4.08. The van der Waals surface area contributed by atoms with Crippen LogP contribution in [0.25, 0.3) is 0 Å². The van der Waals surface area contributed by atoms with E-state index in [9.17, 15) is 12.8 Å². The van der Waals surface area contributed by atoms with Crippen molar-refractivity contribution in [2.24, 2.45) is 0 Å². The van der Waals surface area contributed by atoms with Gasteiger partial charge in [0.2, 0.25) is 10.0 Å². The molecule has 0 aromatic heterocycles. The Labute approximate surface area is 117 Å². The maximum Gasteiger partial charge on any atom is 0.243 e. The minimum Gasteiger partial charge on any atom is -0.399 e. The average molecular weight is 304 g/mol. The van der Waals surface area contributed by atoms with Gasteiger partial charge in [-0.3, -0.25) is 0 Å². The van der Waals surface area contributed by atoms with Crippen LogP contribution in [0.1, 0.15) is 19.8 Å². The molecule has 0 spiro atoms. The molecule has 0 aliphatic carbocycles. The van der Waals surface area contributed by atoms with Crippen LogP contribution in [-0.2, 0) is 10.0 Å². The van der Waals surface area contributed by atoms with Gasteiger partial charge in [-0.2, -0.15) is 11.8 Å². The van der Waals surface area contributed by atoms with Crippen LogP contribution in [0.5, 0.6) is 0 Å². The van der Waals surface area contributed by atoms with Crippen molar-refractivity contribution in [3.8, 4) is 0 Å². The van der Waals surface area contributed by atoms with Crippen LogP contribution in [0.3, 0.4) is 0 Å². The topological polar surface area (TPSA) is 72.2 Å². The van der Waals surface area contributed by atoms with Crippen LogP contribution < -0.4 is 10.5 Å². The largest absolute Gasteiger partial charge is 0.399 e. The van der Waals surface area contributed by atoms with Gasteiger partial charge in [-0.15, -0.1) is 0 Å². The summed E-state index contributed by atoms with van der Waals surface area (Å²) in [6.07, 6.45) is 2.05. The van der Waals surface area contributed by atoms with Gasteiger partial charge in [0.25, 0.3) is 0 Å². The van der Waals surface area contributed by atoms with E-state index in [0.29, 0.717) is 6.54 Å². The monoisotopic (exact) mass is 304 g/mol. The standard InChI is InChI=1S/C12H17FN2O2S2/c1-12(5-2-6-18-12)8-15-19(16,17)11-4-3-9(14)7-10(11)13/h3-4,7,15H,2,5-6,8,14H2,1H3. The number of anilines is 1. The third kappa shape index (κ3) is 3.40. The van der Waals surface area contributed by atoms with E-state index in [1.165, 1.54) is 12.1 Å². The molecule has 1 heterocycles. The van der Waals surface area contributed by atoms with Crippen molar-refractivity contribution >= 4 is 27.5 Å².